The van der Waals surface area contributed by atoms with Gasteiger partial charge in [0.2, 0.25) is 0 Å². The highest BCUT2D eigenvalue weighted by molar-refractivity contribution is 5.25. The molecule has 1 N–H and O–H groups in total. The summed E-state index contributed by atoms with van der Waals surface area (Å²) in [7, 11) is 3.39. The molecule has 1 saturated heterocycles. The molecule has 0 spiro atoms. The number of aliphatic hydroxyl groups is 1. The van der Waals surface area contributed by atoms with Crippen molar-refractivity contribution in [1.29, 1.82) is 0 Å². The fourth-order valence-corrected chi connectivity index (χ4v) is 3.96. The SMILES string of the molecule is CC/C(=C\C=C(/CC)C(F)(F)F)C1CCC(C/C=C(\CC(F)(F)F)N(C)CCO)N1C. The summed E-state index contributed by atoms with van der Waals surface area (Å²) >= 11 is 0. The molecule has 0 aromatic heterocycles. The highest BCUT2D eigenvalue weighted by Crippen LogP contribution is 2.33. The fourth-order valence-electron chi connectivity index (χ4n) is 3.96. The molecule has 0 aromatic rings. The first kappa shape index (κ1) is 27.6. The molecule has 3 nitrogen and oxygen atoms in total. The van der Waals surface area contributed by atoms with Crippen LogP contribution in [0, 0.1) is 0 Å². The van der Waals surface area contributed by atoms with Crippen LogP contribution in [-0.2, 0) is 0 Å². The molecule has 180 valence electrons. The number of rotatable bonds is 10. The van der Waals surface area contributed by atoms with E-state index in [1.54, 1.807) is 12.2 Å². The molecule has 2 unspecified atom stereocenters. The van der Waals surface area contributed by atoms with Gasteiger partial charge in [-0.15, -0.1) is 0 Å². The Labute approximate surface area is 181 Å². The van der Waals surface area contributed by atoms with E-state index in [9.17, 15) is 26.3 Å². The Bertz CT molecular complexity index is 651. The molecule has 2 atom stereocenters. The molecular formula is C22H34F6N2O. The number of nitrogens with zero attached hydrogens (tertiary/aromatic N) is 2. The van der Waals surface area contributed by atoms with Crippen molar-refractivity contribution in [3.8, 4) is 0 Å². The van der Waals surface area contributed by atoms with Gasteiger partial charge < -0.3 is 10.0 Å². The van der Waals surface area contributed by atoms with E-state index in [1.165, 1.54) is 18.9 Å². The van der Waals surface area contributed by atoms with Gasteiger partial charge in [0, 0.05) is 36.9 Å². The number of halogens is 6. The first-order chi connectivity index (χ1) is 14.3. The average Bonchev–Trinajstić information content (AvgIpc) is 3.01. The number of aliphatic hydroxyl groups excluding tert-OH is 1. The minimum atomic E-state index is -4.35. The molecule has 0 aliphatic carbocycles. The van der Waals surface area contributed by atoms with E-state index >= 15 is 0 Å². The van der Waals surface area contributed by atoms with Crippen molar-refractivity contribution >= 4 is 0 Å². The standard InChI is InChI=1S/C22H34F6N2O/c1-5-16(7-8-17(6-2)22(26,27)28)20-12-11-18(30(20)4)9-10-19(15-21(23,24)25)29(3)13-14-31/h7-8,10,18,20,31H,5-6,9,11-15H2,1-4H3/b16-7+,17-8+,19-10+. The largest absolute Gasteiger partial charge is 0.412 e. The molecular weight excluding hydrogens is 422 g/mol. The summed E-state index contributed by atoms with van der Waals surface area (Å²) in [6.07, 6.45) is -3.10. The number of allylic oxidation sites excluding steroid dienone is 4. The minimum absolute atomic E-state index is 0.00273. The van der Waals surface area contributed by atoms with Crippen LogP contribution in [-0.4, -0.2) is 66.6 Å². The lowest BCUT2D eigenvalue weighted by atomic mass is 10.0. The van der Waals surface area contributed by atoms with Crippen LogP contribution in [0.2, 0.25) is 0 Å². The summed E-state index contributed by atoms with van der Waals surface area (Å²) in [6, 6.07) is -0.0322. The maximum Gasteiger partial charge on any atom is 0.412 e. The summed E-state index contributed by atoms with van der Waals surface area (Å²) in [4.78, 5) is 3.46. The van der Waals surface area contributed by atoms with Gasteiger partial charge in [-0.25, -0.2) is 0 Å². The Kier molecular flexibility index (Phi) is 10.6. The first-order valence-electron chi connectivity index (χ1n) is 10.6. The van der Waals surface area contributed by atoms with Crippen LogP contribution in [0.5, 0.6) is 0 Å². The van der Waals surface area contributed by atoms with Gasteiger partial charge in [-0.3, -0.25) is 4.90 Å². The Morgan fingerprint density at radius 2 is 1.71 bits per heavy atom. The lowest BCUT2D eigenvalue weighted by Crippen LogP contribution is -2.33. The normalized spacial score (nSPS) is 22.4. The molecule has 0 aromatic carbocycles. The first-order valence-corrected chi connectivity index (χ1v) is 10.6. The van der Waals surface area contributed by atoms with Crippen molar-refractivity contribution in [3.05, 3.63) is 35.1 Å². The molecule has 0 bridgehead atoms. The molecule has 0 saturated carbocycles. The summed E-state index contributed by atoms with van der Waals surface area (Å²) < 4.78 is 77.8. The Morgan fingerprint density at radius 1 is 1.06 bits per heavy atom. The van der Waals surface area contributed by atoms with Crippen LogP contribution in [0.1, 0.15) is 52.4 Å². The Hall–Kier alpha value is -1.48. The monoisotopic (exact) mass is 456 g/mol. The van der Waals surface area contributed by atoms with E-state index in [0.717, 1.165) is 24.5 Å². The summed E-state index contributed by atoms with van der Waals surface area (Å²) in [5.41, 5.74) is 0.421. The van der Waals surface area contributed by atoms with Crippen molar-refractivity contribution in [2.45, 2.75) is 76.8 Å². The minimum Gasteiger partial charge on any atom is -0.395 e. The zero-order chi connectivity index (χ0) is 23.8. The van der Waals surface area contributed by atoms with E-state index in [1.807, 2.05) is 14.0 Å². The Balaban J connectivity index is 2.96. The van der Waals surface area contributed by atoms with Crippen LogP contribution < -0.4 is 0 Å². The van der Waals surface area contributed by atoms with E-state index in [-0.39, 0.29) is 37.4 Å². The molecule has 31 heavy (non-hydrogen) atoms. The van der Waals surface area contributed by atoms with Gasteiger partial charge in [0.15, 0.2) is 0 Å². The molecule has 0 radical (unpaired) electrons. The van der Waals surface area contributed by atoms with Crippen LogP contribution in [0.3, 0.4) is 0 Å². The van der Waals surface area contributed by atoms with Gasteiger partial charge in [-0.2, -0.15) is 26.3 Å². The second-order valence-corrected chi connectivity index (χ2v) is 7.92. The van der Waals surface area contributed by atoms with Crippen LogP contribution in [0.15, 0.2) is 35.1 Å². The third-order valence-corrected chi connectivity index (χ3v) is 5.85. The van der Waals surface area contributed by atoms with Crippen LogP contribution in [0.4, 0.5) is 26.3 Å². The third-order valence-electron chi connectivity index (χ3n) is 5.85. The molecule has 1 fully saturated rings. The second-order valence-electron chi connectivity index (χ2n) is 7.92. The molecule has 9 heteroatoms. The maximum absolute atomic E-state index is 13.0. The van der Waals surface area contributed by atoms with Crippen LogP contribution >= 0.6 is 0 Å². The predicted octanol–water partition coefficient (Wildman–Crippen LogP) is 5.83. The lowest BCUT2D eigenvalue weighted by molar-refractivity contribution is -0.130. The van der Waals surface area contributed by atoms with Crippen molar-refractivity contribution in [2.24, 2.45) is 0 Å². The number of hydrogen-bond acceptors (Lipinski definition) is 3. The van der Waals surface area contributed by atoms with Crippen LogP contribution in [0.25, 0.3) is 0 Å². The second kappa shape index (κ2) is 11.9. The van der Waals surface area contributed by atoms with E-state index in [0.29, 0.717) is 12.8 Å². The lowest BCUT2D eigenvalue weighted by Gasteiger charge is -2.28. The summed E-state index contributed by atoms with van der Waals surface area (Å²) in [5, 5.41) is 9.05. The number of hydrogen-bond donors (Lipinski definition) is 1. The van der Waals surface area contributed by atoms with Gasteiger partial charge >= 0.3 is 12.4 Å². The molecule has 1 aliphatic rings. The van der Waals surface area contributed by atoms with Gasteiger partial charge in [0.1, 0.15) is 0 Å². The maximum atomic E-state index is 13.0. The fraction of sp³-hybridized carbons (Fsp3) is 0.727. The molecule has 1 rings (SSSR count). The molecule has 0 amide bonds. The third kappa shape index (κ3) is 8.88. The van der Waals surface area contributed by atoms with Crippen molar-refractivity contribution in [2.75, 3.05) is 27.2 Å². The number of likely N-dealkylation sites (N-methyl/N-ethyl adjacent to an activating group) is 2. The molecule has 1 aliphatic heterocycles. The summed E-state index contributed by atoms with van der Waals surface area (Å²) in [5.74, 6) is 0. The predicted molar refractivity (Wildman–Crippen MR) is 110 cm³/mol. The van der Waals surface area contributed by atoms with Crippen molar-refractivity contribution in [3.63, 3.8) is 0 Å². The van der Waals surface area contributed by atoms with E-state index in [2.05, 4.69) is 4.90 Å². The zero-order valence-corrected chi connectivity index (χ0v) is 18.7. The zero-order valence-electron chi connectivity index (χ0n) is 18.7. The van der Waals surface area contributed by atoms with Crippen molar-refractivity contribution in [1.82, 2.24) is 9.80 Å². The molecule has 1 heterocycles. The van der Waals surface area contributed by atoms with Gasteiger partial charge in [0.25, 0.3) is 0 Å². The van der Waals surface area contributed by atoms with Crippen molar-refractivity contribution < 1.29 is 31.4 Å². The quantitative estimate of drug-likeness (QED) is 0.331. The van der Waals surface area contributed by atoms with E-state index in [4.69, 9.17) is 5.11 Å². The topological polar surface area (TPSA) is 26.7 Å². The average molecular weight is 457 g/mol. The summed E-state index contributed by atoms with van der Waals surface area (Å²) in [6.45, 7) is 3.23. The van der Waals surface area contributed by atoms with E-state index < -0.39 is 24.3 Å². The van der Waals surface area contributed by atoms with Gasteiger partial charge in [-0.1, -0.05) is 37.6 Å². The smallest absolute Gasteiger partial charge is 0.395 e. The van der Waals surface area contributed by atoms with Gasteiger partial charge in [-0.05, 0) is 39.2 Å². The number of alkyl halides is 6. The Morgan fingerprint density at radius 3 is 2.19 bits per heavy atom. The van der Waals surface area contributed by atoms with Gasteiger partial charge in [0.05, 0.1) is 13.0 Å². The highest BCUT2D eigenvalue weighted by Gasteiger charge is 2.34. The highest BCUT2D eigenvalue weighted by atomic mass is 19.4. The number of likely N-dealkylation sites (tertiary alicyclic amines) is 1.